The van der Waals surface area contributed by atoms with Gasteiger partial charge in [0.2, 0.25) is 10.0 Å². The third-order valence-corrected chi connectivity index (χ3v) is 4.90. The van der Waals surface area contributed by atoms with E-state index in [2.05, 4.69) is 15.1 Å². The van der Waals surface area contributed by atoms with Gasteiger partial charge in [0.15, 0.2) is 0 Å². The Labute approximate surface area is 158 Å². The van der Waals surface area contributed by atoms with E-state index >= 15 is 0 Å². The van der Waals surface area contributed by atoms with Crippen molar-refractivity contribution >= 4 is 29.8 Å². The van der Waals surface area contributed by atoms with Gasteiger partial charge in [0.05, 0.1) is 0 Å². The smallest absolute Gasteiger partial charge is 0.250 e. The molecule has 0 amide bonds. The summed E-state index contributed by atoms with van der Waals surface area (Å²) >= 11 is 0. The molecular weight excluding hydrogens is 464 g/mol. The van der Waals surface area contributed by atoms with Crippen LogP contribution in [-0.2, 0) is 31.4 Å². The van der Waals surface area contributed by atoms with Crippen LogP contribution in [0.4, 0.5) is 26.3 Å². The predicted octanol–water partition coefficient (Wildman–Crippen LogP) is 2.78. The molecule has 0 saturated carbocycles. The average molecular weight is 472 g/mol. The summed E-state index contributed by atoms with van der Waals surface area (Å²) < 4.78 is 114. The van der Waals surface area contributed by atoms with Crippen molar-refractivity contribution in [3.63, 3.8) is 0 Å². The summed E-state index contributed by atoms with van der Waals surface area (Å²) in [6.07, 6.45) is -8.05. The van der Waals surface area contributed by atoms with E-state index in [1.54, 1.807) is 0 Å². The van der Waals surface area contributed by atoms with Crippen molar-refractivity contribution in [3.8, 4) is 0 Å². The first-order chi connectivity index (χ1) is 12.4. The van der Waals surface area contributed by atoms with Gasteiger partial charge in [0.25, 0.3) is 9.05 Å². The Bertz CT molecular complexity index is 936. The van der Waals surface area contributed by atoms with Gasteiger partial charge < -0.3 is 0 Å². The lowest BCUT2D eigenvalue weighted by atomic mass is 10.3. The molecule has 2 rings (SSSR count). The number of nitrogens with zero attached hydrogens (tertiary/aromatic N) is 2. The average Bonchev–Trinajstić information content (AvgIpc) is 2.52. The number of primary sulfonamides is 1. The van der Waals surface area contributed by atoms with Gasteiger partial charge in [-0.25, -0.2) is 22.0 Å². The Kier molecular flexibility index (Phi) is 7.03. The quantitative estimate of drug-likeness (QED) is 0.531. The van der Waals surface area contributed by atoms with Crippen LogP contribution in [-0.4, -0.2) is 26.8 Å². The molecular formula is C12H8ClF6N3O4S2. The number of sulfonamides is 1. The zero-order valence-electron chi connectivity index (χ0n) is 13.0. The lowest BCUT2D eigenvalue weighted by Gasteiger charge is -2.05. The van der Waals surface area contributed by atoms with Gasteiger partial charge in [-0.05, 0) is 24.3 Å². The summed E-state index contributed by atoms with van der Waals surface area (Å²) in [6.45, 7) is 0. The van der Waals surface area contributed by atoms with E-state index in [1.807, 2.05) is 0 Å². The molecule has 0 bridgehead atoms. The maximum Gasteiger partial charge on any atom is 0.433 e. The molecule has 28 heavy (non-hydrogen) atoms. The molecule has 2 N–H and O–H groups in total. The summed E-state index contributed by atoms with van der Waals surface area (Å²) in [5.41, 5.74) is -2.33. The molecule has 0 spiro atoms. The second-order valence-corrected chi connectivity index (χ2v) is 8.86. The van der Waals surface area contributed by atoms with E-state index in [9.17, 15) is 43.2 Å². The number of alkyl halides is 6. The maximum absolute atomic E-state index is 12.0. The Hall–Kier alpha value is -1.97. The molecule has 0 aliphatic rings. The monoisotopic (exact) mass is 471 g/mol. The van der Waals surface area contributed by atoms with Crippen LogP contribution in [0.1, 0.15) is 11.4 Å². The van der Waals surface area contributed by atoms with Crippen molar-refractivity contribution in [1.82, 2.24) is 9.97 Å². The Balaban J connectivity index is 0.000000280. The van der Waals surface area contributed by atoms with Crippen LogP contribution >= 0.6 is 10.7 Å². The first kappa shape index (κ1) is 24.1. The van der Waals surface area contributed by atoms with Crippen LogP contribution in [0.2, 0.25) is 0 Å². The first-order valence-electron chi connectivity index (χ1n) is 6.46. The molecule has 2 aromatic rings. The zero-order chi connectivity index (χ0) is 22.0. The van der Waals surface area contributed by atoms with Crippen molar-refractivity contribution in [2.24, 2.45) is 5.14 Å². The van der Waals surface area contributed by atoms with Crippen LogP contribution < -0.4 is 5.14 Å². The van der Waals surface area contributed by atoms with Crippen LogP contribution in [0.25, 0.3) is 0 Å². The molecule has 0 aromatic carbocycles. The van der Waals surface area contributed by atoms with E-state index in [0.29, 0.717) is 24.5 Å². The molecule has 0 aliphatic heterocycles. The van der Waals surface area contributed by atoms with Crippen LogP contribution in [0.15, 0.2) is 46.5 Å². The molecule has 2 aromatic heterocycles. The fourth-order valence-electron chi connectivity index (χ4n) is 1.41. The summed E-state index contributed by atoms with van der Waals surface area (Å²) in [4.78, 5) is 4.94. The number of pyridine rings is 2. The normalized spacial score (nSPS) is 12.9. The minimum Gasteiger partial charge on any atom is -0.250 e. The van der Waals surface area contributed by atoms with Gasteiger partial charge in [0.1, 0.15) is 21.2 Å². The summed E-state index contributed by atoms with van der Waals surface area (Å²) in [5.74, 6) is 0. The second-order valence-electron chi connectivity index (χ2n) is 4.74. The Morgan fingerprint density at radius 3 is 1.32 bits per heavy atom. The Morgan fingerprint density at radius 1 is 0.750 bits per heavy atom. The SMILES string of the molecule is NS(=O)(=O)c1ccc(C(F)(F)F)nc1.O=S(=O)(Cl)c1ccc(C(F)(F)F)nc1. The third-order valence-electron chi connectivity index (χ3n) is 2.66. The summed E-state index contributed by atoms with van der Waals surface area (Å²) in [5, 5.41) is 4.67. The predicted molar refractivity (Wildman–Crippen MR) is 82.9 cm³/mol. The number of hydrogen-bond donors (Lipinski definition) is 1. The van der Waals surface area contributed by atoms with E-state index in [4.69, 9.17) is 10.7 Å². The fraction of sp³-hybridized carbons (Fsp3) is 0.167. The van der Waals surface area contributed by atoms with Gasteiger partial charge in [-0.15, -0.1) is 0 Å². The van der Waals surface area contributed by atoms with Crippen molar-refractivity contribution in [2.75, 3.05) is 0 Å². The zero-order valence-corrected chi connectivity index (χ0v) is 15.4. The topological polar surface area (TPSA) is 120 Å². The maximum atomic E-state index is 12.0. The van der Waals surface area contributed by atoms with Gasteiger partial charge in [-0.2, -0.15) is 26.3 Å². The van der Waals surface area contributed by atoms with E-state index < -0.39 is 52.6 Å². The lowest BCUT2D eigenvalue weighted by molar-refractivity contribution is -0.142. The molecule has 0 radical (unpaired) electrons. The number of hydrogen-bond acceptors (Lipinski definition) is 6. The third kappa shape index (κ3) is 7.21. The fourth-order valence-corrected chi connectivity index (χ4v) is 2.55. The highest BCUT2D eigenvalue weighted by Gasteiger charge is 2.33. The van der Waals surface area contributed by atoms with Crippen LogP contribution in [0, 0.1) is 0 Å². The van der Waals surface area contributed by atoms with E-state index in [-0.39, 0.29) is 0 Å². The molecule has 16 heteroatoms. The molecule has 7 nitrogen and oxygen atoms in total. The Morgan fingerprint density at radius 2 is 1.11 bits per heavy atom. The summed E-state index contributed by atoms with van der Waals surface area (Å²) in [6, 6.07) is 2.61. The summed E-state index contributed by atoms with van der Waals surface area (Å²) in [7, 11) is -3.14. The van der Waals surface area contributed by atoms with Gasteiger partial charge in [-0.1, -0.05) is 0 Å². The van der Waals surface area contributed by atoms with E-state index in [1.165, 1.54) is 0 Å². The highest BCUT2D eigenvalue weighted by atomic mass is 35.7. The second kappa shape index (κ2) is 8.18. The molecule has 0 unspecified atom stereocenters. The van der Waals surface area contributed by atoms with Gasteiger partial charge in [-0.3, -0.25) is 9.97 Å². The highest BCUT2D eigenvalue weighted by molar-refractivity contribution is 8.13. The van der Waals surface area contributed by atoms with Gasteiger partial charge in [0, 0.05) is 23.1 Å². The lowest BCUT2D eigenvalue weighted by Crippen LogP contribution is -2.14. The molecule has 0 atom stereocenters. The van der Waals surface area contributed by atoms with Crippen molar-refractivity contribution < 1.29 is 43.2 Å². The number of aromatic nitrogens is 2. The van der Waals surface area contributed by atoms with Crippen molar-refractivity contribution in [2.45, 2.75) is 22.1 Å². The highest BCUT2D eigenvalue weighted by Crippen LogP contribution is 2.28. The standard InChI is InChI=1S/C6H3ClF3NO2S.C6H5F3N2O2S/c7-14(12,13)4-1-2-5(11-3-4)6(8,9)10;7-6(8,9)5-2-1-4(3-11-5)14(10,12)13/h1-3H;1-3H,(H2,10,12,13). The number of rotatable bonds is 2. The molecule has 0 fully saturated rings. The minimum atomic E-state index is -4.59. The minimum absolute atomic E-state index is 0.453. The number of nitrogens with two attached hydrogens (primary N) is 1. The van der Waals surface area contributed by atoms with Gasteiger partial charge >= 0.3 is 12.4 Å². The van der Waals surface area contributed by atoms with Crippen molar-refractivity contribution in [3.05, 3.63) is 48.0 Å². The largest absolute Gasteiger partial charge is 0.433 e. The van der Waals surface area contributed by atoms with Crippen molar-refractivity contribution in [1.29, 1.82) is 0 Å². The van der Waals surface area contributed by atoms with E-state index in [0.717, 1.165) is 12.1 Å². The number of halogens is 7. The first-order valence-corrected chi connectivity index (χ1v) is 10.3. The molecule has 0 aliphatic carbocycles. The molecule has 0 saturated heterocycles. The van der Waals surface area contributed by atoms with Crippen LogP contribution in [0.5, 0.6) is 0 Å². The van der Waals surface area contributed by atoms with Crippen LogP contribution in [0.3, 0.4) is 0 Å². The molecule has 2 heterocycles. The molecule has 156 valence electrons.